The molecule has 2 nitrogen and oxygen atoms in total. The fraction of sp³-hybridized carbons (Fsp3) is 0.500. The van der Waals surface area contributed by atoms with E-state index in [2.05, 4.69) is 5.43 Å². The van der Waals surface area contributed by atoms with E-state index in [9.17, 15) is 13.2 Å². The van der Waals surface area contributed by atoms with Crippen molar-refractivity contribution in [1.29, 1.82) is 0 Å². The normalized spacial score (nSPS) is 13.6. The minimum absolute atomic E-state index is 0.102. The second-order valence-corrected chi connectivity index (χ2v) is 4.06. The van der Waals surface area contributed by atoms with Crippen LogP contribution in [0, 0.1) is 0 Å². The number of hydrogen-bond acceptors (Lipinski definition) is 2. The number of benzene rings is 1. The molecule has 0 aliphatic heterocycles. The van der Waals surface area contributed by atoms with Crippen molar-refractivity contribution in [3.63, 3.8) is 0 Å². The van der Waals surface area contributed by atoms with E-state index in [-0.39, 0.29) is 12.5 Å². The number of hydrogen-bond donors (Lipinski definition) is 2. The molecule has 96 valence electrons. The lowest BCUT2D eigenvalue weighted by atomic mass is 10.0. The Hall–Kier alpha value is -1.07. The summed E-state index contributed by atoms with van der Waals surface area (Å²) in [5.74, 6) is 5.34. The van der Waals surface area contributed by atoms with E-state index in [1.807, 2.05) is 30.3 Å². The van der Waals surface area contributed by atoms with Crippen LogP contribution in [-0.2, 0) is 6.42 Å². The van der Waals surface area contributed by atoms with Gasteiger partial charge in [-0.3, -0.25) is 11.3 Å². The average Bonchev–Trinajstić information content (AvgIpc) is 2.27. The van der Waals surface area contributed by atoms with Crippen LogP contribution < -0.4 is 11.3 Å². The Kier molecular flexibility index (Phi) is 5.44. The zero-order valence-corrected chi connectivity index (χ0v) is 9.50. The molecule has 1 atom stereocenters. The van der Waals surface area contributed by atoms with Gasteiger partial charge in [-0.05, 0) is 24.8 Å². The molecule has 0 aliphatic rings. The smallest absolute Gasteiger partial charge is 0.271 e. The standard InChI is InChI=1S/C12H17F3N2/c13-12(14,15)8-4-7-11(17-16)9-10-5-2-1-3-6-10/h1-3,5-6,11,17H,4,7-9,16H2. The highest BCUT2D eigenvalue weighted by Crippen LogP contribution is 2.23. The highest BCUT2D eigenvalue weighted by Gasteiger charge is 2.26. The molecular formula is C12H17F3N2. The van der Waals surface area contributed by atoms with Crippen LogP contribution in [0.2, 0.25) is 0 Å². The number of nitrogens with two attached hydrogens (primary N) is 1. The minimum Gasteiger partial charge on any atom is -0.271 e. The molecule has 0 bridgehead atoms. The van der Waals surface area contributed by atoms with Crippen LogP contribution in [0.1, 0.15) is 24.8 Å². The van der Waals surface area contributed by atoms with Gasteiger partial charge in [0.1, 0.15) is 0 Å². The Morgan fingerprint density at radius 2 is 1.82 bits per heavy atom. The van der Waals surface area contributed by atoms with Crippen LogP contribution in [0.15, 0.2) is 30.3 Å². The van der Waals surface area contributed by atoms with Gasteiger partial charge in [0.05, 0.1) is 0 Å². The summed E-state index contributed by atoms with van der Waals surface area (Å²) in [4.78, 5) is 0. The summed E-state index contributed by atoms with van der Waals surface area (Å²) in [6.45, 7) is 0. The highest BCUT2D eigenvalue weighted by molar-refractivity contribution is 5.15. The molecule has 0 fully saturated rings. The van der Waals surface area contributed by atoms with Crippen molar-refractivity contribution in [3.05, 3.63) is 35.9 Å². The molecule has 1 aromatic carbocycles. The molecule has 17 heavy (non-hydrogen) atoms. The maximum atomic E-state index is 12.0. The van der Waals surface area contributed by atoms with Crippen molar-refractivity contribution in [2.75, 3.05) is 0 Å². The summed E-state index contributed by atoms with van der Waals surface area (Å²) in [6.07, 6.45) is -3.66. The van der Waals surface area contributed by atoms with Gasteiger partial charge in [0.25, 0.3) is 0 Å². The molecular weight excluding hydrogens is 229 g/mol. The van der Waals surface area contributed by atoms with Crippen LogP contribution in [0.25, 0.3) is 0 Å². The van der Waals surface area contributed by atoms with Gasteiger partial charge in [-0.25, -0.2) is 0 Å². The van der Waals surface area contributed by atoms with Crippen LogP contribution >= 0.6 is 0 Å². The fourth-order valence-corrected chi connectivity index (χ4v) is 1.69. The Morgan fingerprint density at radius 1 is 1.18 bits per heavy atom. The molecule has 1 unspecified atom stereocenters. The van der Waals surface area contributed by atoms with Crippen LogP contribution in [0.4, 0.5) is 13.2 Å². The van der Waals surface area contributed by atoms with Crippen molar-refractivity contribution in [2.24, 2.45) is 5.84 Å². The van der Waals surface area contributed by atoms with Gasteiger partial charge >= 0.3 is 6.18 Å². The number of halogens is 3. The molecule has 3 N–H and O–H groups in total. The van der Waals surface area contributed by atoms with Crippen molar-refractivity contribution >= 4 is 0 Å². The van der Waals surface area contributed by atoms with Gasteiger partial charge in [-0.1, -0.05) is 30.3 Å². The zero-order chi connectivity index (χ0) is 12.7. The molecule has 0 aromatic heterocycles. The molecule has 1 aromatic rings. The number of rotatable bonds is 6. The lowest BCUT2D eigenvalue weighted by Crippen LogP contribution is -2.36. The van der Waals surface area contributed by atoms with E-state index >= 15 is 0 Å². The highest BCUT2D eigenvalue weighted by atomic mass is 19.4. The monoisotopic (exact) mass is 246 g/mol. The molecule has 0 spiro atoms. The van der Waals surface area contributed by atoms with Crippen molar-refractivity contribution in [3.8, 4) is 0 Å². The second-order valence-electron chi connectivity index (χ2n) is 4.06. The van der Waals surface area contributed by atoms with E-state index in [1.54, 1.807) is 0 Å². The third-order valence-corrected chi connectivity index (χ3v) is 2.57. The molecule has 0 saturated carbocycles. The van der Waals surface area contributed by atoms with Gasteiger partial charge in [0.15, 0.2) is 0 Å². The summed E-state index contributed by atoms with van der Waals surface area (Å²) in [7, 11) is 0. The summed E-state index contributed by atoms with van der Waals surface area (Å²) in [5, 5.41) is 0. The minimum atomic E-state index is -4.08. The first kappa shape index (κ1) is 14.0. The predicted octanol–water partition coefficient (Wildman–Crippen LogP) is 2.79. The van der Waals surface area contributed by atoms with E-state index < -0.39 is 12.6 Å². The third kappa shape index (κ3) is 6.28. The van der Waals surface area contributed by atoms with Gasteiger partial charge in [0, 0.05) is 12.5 Å². The van der Waals surface area contributed by atoms with E-state index in [0.29, 0.717) is 12.8 Å². The summed E-state index contributed by atoms with van der Waals surface area (Å²) >= 11 is 0. The zero-order valence-electron chi connectivity index (χ0n) is 9.50. The van der Waals surface area contributed by atoms with Gasteiger partial charge in [-0.2, -0.15) is 13.2 Å². The van der Waals surface area contributed by atoms with E-state index in [4.69, 9.17) is 5.84 Å². The first-order chi connectivity index (χ1) is 8.01. The van der Waals surface area contributed by atoms with Gasteiger partial charge in [-0.15, -0.1) is 0 Å². The summed E-state index contributed by atoms with van der Waals surface area (Å²) < 4.78 is 36.0. The number of alkyl halides is 3. The molecule has 5 heteroatoms. The molecule has 0 saturated heterocycles. The quantitative estimate of drug-likeness (QED) is 0.598. The van der Waals surface area contributed by atoms with Crippen molar-refractivity contribution in [1.82, 2.24) is 5.43 Å². The molecule has 0 radical (unpaired) electrons. The third-order valence-electron chi connectivity index (χ3n) is 2.57. The van der Waals surface area contributed by atoms with Gasteiger partial charge in [0.2, 0.25) is 0 Å². The van der Waals surface area contributed by atoms with Crippen LogP contribution in [0.3, 0.4) is 0 Å². The number of hydrazine groups is 1. The topological polar surface area (TPSA) is 38.0 Å². The largest absolute Gasteiger partial charge is 0.389 e. The number of nitrogens with one attached hydrogen (secondary N) is 1. The Balaban J connectivity index is 2.34. The Bertz CT molecular complexity index is 311. The SMILES string of the molecule is NNC(CCCC(F)(F)F)Cc1ccccc1. The van der Waals surface area contributed by atoms with Crippen LogP contribution in [0.5, 0.6) is 0 Å². The molecule has 0 amide bonds. The lowest BCUT2D eigenvalue weighted by molar-refractivity contribution is -0.135. The van der Waals surface area contributed by atoms with Crippen molar-refractivity contribution in [2.45, 2.75) is 37.9 Å². The first-order valence-corrected chi connectivity index (χ1v) is 5.58. The molecule has 0 heterocycles. The summed E-state index contributed by atoms with van der Waals surface area (Å²) in [6, 6.07) is 9.47. The van der Waals surface area contributed by atoms with Crippen molar-refractivity contribution < 1.29 is 13.2 Å². The van der Waals surface area contributed by atoms with Crippen LogP contribution in [-0.4, -0.2) is 12.2 Å². The average molecular weight is 246 g/mol. The summed E-state index contributed by atoms with van der Waals surface area (Å²) in [5.41, 5.74) is 3.64. The predicted molar refractivity (Wildman–Crippen MR) is 61.2 cm³/mol. The second kappa shape index (κ2) is 6.61. The maximum Gasteiger partial charge on any atom is 0.389 e. The van der Waals surface area contributed by atoms with E-state index in [0.717, 1.165) is 5.56 Å². The Labute approximate surface area is 99.0 Å². The van der Waals surface area contributed by atoms with E-state index in [1.165, 1.54) is 0 Å². The Morgan fingerprint density at radius 3 is 2.35 bits per heavy atom. The fourth-order valence-electron chi connectivity index (χ4n) is 1.69. The van der Waals surface area contributed by atoms with Gasteiger partial charge < -0.3 is 0 Å². The lowest BCUT2D eigenvalue weighted by Gasteiger charge is -2.16. The maximum absolute atomic E-state index is 12.0. The molecule has 0 aliphatic carbocycles. The molecule has 1 rings (SSSR count). The first-order valence-electron chi connectivity index (χ1n) is 5.58.